The molecule has 5 nitrogen and oxygen atoms in total. The number of amides is 1. The van der Waals surface area contributed by atoms with Crippen LogP contribution < -0.4 is 10.5 Å². The summed E-state index contributed by atoms with van der Waals surface area (Å²) in [4.78, 5) is 12.1. The Bertz CT molecular complexity index is 784. The number of aryl methyl sites for hydroxylation is 2. The third-order valence-corrected chi connectivity index (χ3v) is 4.50. The van der Waals surface area contributed by atoms with Crippen LogP contribution in [0.15, 0.2) is 53.4 Å². The Labute approximate surface area is 136 Å². The van der Waals surface area contributed by atoms with Crippen LogP contribution in [0.1, 0.15) is 27.9 Å². The maximum Gasteiger partial charge on any atom is 0.251 e. The van der Waals surface area contributed by atoms with Crippen molar-refractivity contribution in [3.8, 4) is 0 Å². The molecular weight excluding hydrogens is 312 g/mol. The Morgan fingerprint density at radius 2 is 1.74 bits per heavy atom. The Morgan fingerprint density at radius 1 is 1.09 bits per heavy atom. The Hall–Kier alpha value is -2.18. The van der Waals surface area contributed by atoms with E-state index in [-0.39, 0.29) is 10.8 Å². The summed E-state index contributed by atoms with van der Waals surface area (Å²) in [5.41, 5.74) is 2.64. The van der Waals surface area contributed by atoms with Gasteiger partial charge in [0.15, 0.2) is 0 Å². The molecule has 122 valence electrons. The summed E-state index contributed by atoms with van der Waals surface area (Å²) in [7, 11) is -3.65. The number of carbonyl (C=O) groups excluding carboxylic acids is 1. The zero-order valence-corrected chi connectivity index (χ0v) is 13.8. The fraction of sp³-hybridized carbons (Fsp3) is 0.235. The van der Waals surface area contributed by atoms with Crippen LogP contribution in [0.3, 0.4) is 0 Å². The molecule has 0 aliphatic carbocycles. The van der Waals surface area contributed by atoms with Crippen molar-refractivity contribution in [2.24, 2.45) is 5.14 Å². The molecular formula is C17H20N2O3S. The number of nitrogens with two attached hydrogens (primary N) is 1. The number of carbonyl (C=O) groups is 1. The van der Waals surface area contributed by atoms with E-state index in [0.717, 1.165) is 24.0 Å². The van der Waals surface area contributed by atoms with Gasteiger partial charge in [0.1, 0.15) is 0 Å². The predicted octanol–water partition coefficient (Wildman–Crippen LogP) is 2.01. The molecule has 0 atom stereocenters. The van der Waals surface area contributed by atoms with Crippen molar-refractivity contribution in [3.63, 3.8) is 0 Å². The molecule has 0 aromatic heterocycles. The first-order chi connectivity index (χ1) is 10.9. The van der Waals surface area contributed by atoms with Gasteiger partial charge in [0, 0.05) is 12.1 Å². The lowest BCUT2D eigenvalue weighted by Gasteiger charge is -2.08. The van der Waals surface area contributed by atoms with E-state index in [4.69, 9.17) is 5.14 Å². The maximum atomic E-state index is 12.0. The van der Waals surface area contributed by atoms with Crippen LogP contribution in [-0.4, -0.2) is 20.9 Å². The van der Waals surface area contributed by atoms with E-state index >= 15 is 0 Å². The molecule has 23 heavy (non-hydrogen) atoms. The van der Waals surface area contributed by atoms with Gasteiger partial charge in [0.2, 0.25) is 10.0 Å². The van der Waals surface area contributed by atoms with Crippen molar-refractivity contribution in [3.05, 3.63) is 65.2 Å². The van der Waals surface area contributed by atoms with Gasteiger partial charge >= 0.3 is 0 Å². The molecule has 1 amide bonds. The molecule has 2 rings (SSSR count). The lowest BCUT2D eigenvalue weighted by Crippen LogP contribution is -2.25. The molecule has 0 radical (unpaired) electrons. The van der Waals surface area contributed by atoms with Gasteiger partial charge in [-0.25, -0.2) is 13.6 Å². The minimum absolute atomic E-state index is 0.0762. The summed E-state index contributed by atoms with van der Waals surface area (Å²) in [6, 6.07) is 13.9. The highest BCUT2D eigenvalue weighted by atomic mass is 32.2. The van der Waals surface area contributed by atoms with E-state index in [0.29, 0.717) is 12.1 Å². The minimum atomic E-state index is -3.65. The molecule has 3 N–H and O–H groups in total. The van der Waals surface area contributed by atoms with Crippen LogP contribution in [0, 0.1) is 6.92 Å². The van der Waals surface area contributed by atoms with Gasteiger partial charge in [0.25, 0.3) is 5.91 Å². The van der Waals surface area contributed by atoms with E-state index in [9.17, 15) is 13.2 Å². The molecule has 0 aliphatic rings. The highest BCUT2D eigenvalue weighted by Crippen LogP contribution is 2.10. The topological polar surface area (TPSA) is 89.3 Å². The minimum Gasteiger partial charge on any atom is -0.352 e. The van der Waals surface area contributed by atoms with Crippen molar-refractivity contribution < 1.29 is 13.2 Å². The van der Waals surface area contributed by atoms with Crippen LogP contribution in [0.25, 0.3) is 0 Å². The third kappa shape index (κ3) is 4.91. The van der Waals surface area contributed by atoms with Gasteiger partial charge in [-0.15, -0.1) is 0 Å². The Morgan fingerprint density at radius 3 is 2.35 bits per heavy atom. The summed E-state index contributed by atoms with van der Waals surface area (Å²) in [6.07, 6.45) is 1.52. The first-order valence-electron chi connectivity index (χ1n) is 7.33. The fourth-order valence-electron chi connectivity index (χ4n) is 2.26. The highest BCUT2D eigenvalue weighted by molar-refractivity contribution is 7.89. The van der Waals surface area contributed by atoms with Crippen LogP contribution in [0.5, 0.6) is 0 Å². The van der Waals surface area contributed by atoms with Crippen molar-refractivity contribution in [1.82, 2.24) is 5.32 Å². The summed E-state index contributed by atoms with van der Waals surface area (Å²) >= 11 is 0. The molecule has 0 spiro atoms. The average Bonchev–Trinajstić information content (AvgIpc) is 2.51. The molecule has 0 heterocycles. The molecule has 2 aromatic carbocycles. The van der Waals surface area contributed by atoms with Gasteiger partial charge in [-0.3, -0.25) is 4.79 Å². The van der Waals surface area contributed by atoms with Gasteiger partial charge < -0.3 is 5.32 Å². The standard InChI is InChI=1S/C17H20N2O3S/c1-13-5-2-3-7-16(13)17(20)19-12-4-6-14-8-10-15(11-9-14)23(18,21)22/h2-3,5,7-11H,4,6,12H2,1H3,(H,19,20)(H2,18,21,22). The molecule has 2 aromatic rings. The van der Waals surface area contributed by atoms with Gasteiger partial charge in [-0.2, -0.15) is 0 Å². The highest BCUT2D eigenvalue weighted by Gasteiger charge is 2.08. The molecule has 0 bridgehead atoms. The number of rotatable bonds is 6. The summed E-state index contributed by atoms with van der Waals surface area (Å²) < 4.78 is 22.3. The fourth-order valence-corrected chi connectivity index (χ4v) is 2.78. The molecule has 0 saturated carbocycles. The molecule has 0 unspecified atom stereocenters. The second-order valence-electron chi connectivity index (χ2n) is 5.36. The second kappa shape index (κ2) is 7.39. The second-order valence-corrected chi connectivity index (χ2v) is 6.92. The zero-order chi connectivity index (χ0) is 16.9. The molecule has 0 aliphatic heterocycles. The maximum absolute atomic E-state index is 12.0. The third-order valence-electron chi connectivity index (χ3n) is 3.57. The largest absolute Gasteiger partial charge is 0.352 e. The van der Waals surface area contributed by atoms with Crippen LogP contribution >= 0.6 is 0 Å². The number of primary sulfonamides is 1. The zero-order valence-electron chi connectivity index (χ0n) is 13.0. The average molecular weight is 332 g/mol. The van der Waals surface area contributed by atoms with Gasteiger partial charge in [-0.1, -0.05) is 30.3 Å². The van der Waals surface area contributed by atoms with E-state index in [1.54, 1.807) is 18.2 Å². The van der Waals surface area contributed by atoms with Crippen molar-refractivity contribution in [2.75, 3.05) is 6.54 Å². The number of hydrogen-bond acceptors (Lipinski definition) is 3. The molecule has 6 heteroatoms. The summed E-state index contributed by atoms with van der Waals surface area (Å²) in [6.45, 7) is 2.46. The quantitative estimate of drug-likeness (QED) is 0.793. The Balaban J connectivity index is 1.82. The predicted molar refractivity (Wildman–Crippen MR) is 89.6 cm³/mol. The van der Waals surface area contributed by atoms with Crippen LogP contribution in [0.4, 0.5) is 0 Å². The molecule has 0 fully saturated rings. The normalized spacial score (nSPS) is 11.2. The van der Waals surface area contributed by atoms with E-state index in [2.05, 4.69) is 5.32 Å². The number of benzene rings is 2. The van der Waals surface area contributed by atoms with E-state index in [1.165, 1.54) is 12.1 Å². The lowest BCUT2D eigenvalue weighted by atomic mass is 10.1. The lowest BCUT2D eigenvalue weighted by molar-refractivity contribution is 0.0952. The summed E-state index contributed by atoms with van der Waals surface area (Å²) in [5.74, 6) is -0.0762. The smallest absolute Gasteiger partial charge is 0.251 e. The first-order valence-corrected chi connectivity index (χ1v) is 8.88. The Kier molecular flexibility index (Phi) is 5.52. The van der Waals surface area contributed by atoms with Gasteiger partial charge in [-0.05, 0) is 49.1 Å². The first kappa shape index (κ1) is 17.2. The SMILES string of the molecule is Cc1ccccc1C(=O)NCCCc1ccc(S(N)(=O)=O)cc1. The monoisotopic (exact) mass is 332 g/mol. The van der Waals surface area contributed by atoms with Crippen molar-refractivity contribution >= 4 is 15.9 Å². The number of nitrogens with one attached hydrogen (secondary N) is 1. The van der Waals surface area contributed by atoms with Gasteiger partial charge in [0.05, 0.1) is 4.90 Å². The van der Waals surface area contributed by atoms with Crippen molar-refractivity contribution in [2.45, 2.75) is 24.7 Å². The number of hydrogen-bond donors (Lipinski definition) is 2. The summed E-state index contributed by atoms with van der Waals surface area (Å²) in [5, 5.41) is 7.94. The van der Waals surface area contributed by atoms with Crippen LogP contribution in [0.2, 0.25) is 0 Å². The van der Waals surface area contributed by atoms with E-state index in [1.807, 2.05) is 25.1 Å². The van der Waals surface area contributed by atoms with E-state index < -0.39 is 10.0 Å². The number of sulfonamides is 1. The molecule has 0 saturated heterocycles. The van der Waals surface area contributed by atoms with Crippen LogP contribution in [-0.2, 0) is 16.4 Å². The van der Waals surface area contributed by atoms with Crippen molar-refractivity contribution in [1.29, 1.82) is 0 Å².